The van der Waals surface area contributed by atoms with Gasteiger partial charge in [0.2, 0.25) is 0 Å². The average molecular weight is 912 g/mol. The van der Waals surface area contributed by atoms with Gasteiger partial charge in [-0.25, -0.2) is 0 Å². The van der Waals surface area contributed by atoms with E-state index >= 15 is 0 Å². The van der Waals surface area contributed by atoms with Crippen molar-refractivity contribution in [2.45, 2.75) is 51.4 Å². The fraction of sp³-hybridized carbons (Fsp3) is 0.114. The predicted octanol–water partition coefficient (Wildman–Crippen LogP) is 19.4. The van der Waals surface area contributed by atoms with Gasteiger partial charge in [0, 0.05) is 27.9 Å². The first kappa shape index (κ1) is 44.0. The summed E-state index contributed by atoms with van der Waals surface area (Å²) in [6.07, 6.45) is 6.60. The maximum atomic E-state index is 2.46. The van der Waals surface area contributed by atoms with Crippen LogP contribution >= 0.6 is 0 Å². The van der Waals surface area contributed by atoms with Crippen LogP contribution in [-0.2, 0) is 10.8 Å². The van der Waals surface area contributed by atoms with E-state index in [0.29, 0.717) is 0 Å². The molecule has 0 radical (unpaired) electrons. The van der Waals surface area contributed by atoms with Crippen LogP contribution in [0.3, 0.4) is 0 Å². The van der Waals surface area contributed by atoms with E-state index in [4.69, 9.17) is 0 Å². The molecule has 0 heterocycles. The molecule has 0 saturated heterocycles. The molecular weight excluding hydrogens is 855 g/mol. The van der Waals surface area contributed by atoms with Gasteiger partial charge >= 0.3 is 0 Å². The molecule has 2 aliphatic rings. The van der Waals surface area contributed by atoms with Gasteiger partial charge in [-0.1, -0.05) is 228 Å². The lowest BCUT2D eigenvalue weighted by molar-refractivity contribution is 0.490. The molecule has 0 amide bonds. The zero-order valence-corrected chi connectivity index (χ0v) is 41.0. The summed E-state index contributed by atoms with van der Waals surface area (Å²) in [7, 11) is 0. The molecule has 2 aliphatic carbocycles. The molecule has 0 aliphatic heterocycles. The van der Waals surface area contributed by atoms with E-state index in [9.17, 15) is 0 Å². The Bertz CT molecular complexity index is 3560. The van der Waals surface area contributed by atoms with Crippen LogP contribution < -0.4 is 4.90 Å². The summed E-state index contributed by atoms with van der Waals surface area (Å²) in [5, 5.41) is 0. The normalized spacial score (nSPS) is 13.6. The molecule has 12 rings (SSSR count). The van der Waals surface area contributed by atoms with Gasteiger partial charge in [0.1, 0.15) is 0 Å². The third-order valence-electron chi connectivity index (χ3n) is 15.8. The lowest BCUT2D eigenvalue weighted by atomic mass is 9.73. The number of hydrogen-bond donors (Lipinski definition) is 0. The van der Waals surface area contributed by atoms with E-state index < -0.39 is 0 Å². The van der Waals surface area contributed by atoms with Crippen LogP contribution in [0, 0.1) is 0 Å². The molecule has 1 nitrogen and oxygen atoms in total. The minimum absolute atomic E-state index is 0.0351. The van der Waals surface area contributed by atoms with Gasteiger partial charge in [0.15, 0.2) is 0 Å². The fourth-order valence-electron chi connectivity index (χ4n) is 11.9. The van der Waals surface area contributed by atoms with Crippen molar-refractivity contribution >= 4 is 29.2 Å². The Kier molecular flexibility index (Phi) is 11.1. The molecule has 10 aromatic carbocycles. The Balaban J connectivity index is 0.834. The second-order valence-electron chi connectivity index (χ2n) is 19.9. The van der Waals surface area contributed by atoms with Crippen molar-refractivity contribution in [2.24, 2.45) is 0 Å². The molecule has 0 saturated carbocycles. The molecule has 0 unspecified atom stereocenters. The minimum atomic E-state index is -0.0781. The van der Waals surface area contributed by atoms with Crippen molar-refractivity contribution in [3.05, 3.63) is 270 Å². The van der Waals surface area contributed by atoms with Gasteiger partial charge in [0.25, 0.3) is 0 Å². The number of anilines is 3. The number of fused-ring (bicyclic) bond motifs is 6. The van der Waals surface area contributed by atoms with Crippen LogP contribution in [-0.4, -0.2) is 0 Å². The summed E-state index contributed by atoms with van der Waals surface area (Å²) in [5.74, 6) is 0. The molecule has 10 aromatic rings. The topological polar surface area (TPSA) is 3.24 Å². The SMILES string of the molecule is CCC1(CC)c2cc(C=Cc3ccc(-c4ccc(-c5ccccc5)cc4-c4ccc(-c5ccc6c(c5)C(C)(C)c5ccccc5-6)cc4)cc3)ccc2-c2ccc(N(c3ccccc3)c3ccccc3)cc21. The highest BCUT2D eigenvalue weighted by Crippen LogP contribution is 2.55. The first-order valence-electron chi connectivity index (χ1n) is 25.4. The lowest BCUT2D eigenvalue weighted by Gasteiger charge is -2.32. The second-order valence-corrected chi connectivity index (χ2v) is 19.9. The van der Waals surface area contributed by atoms with Crippen LogP contribution in [0.25, 0.3) is 78.9 Å². The van der Waals surface area contributed by atoms with Crippen LogP contribution in [0.2, 0.25) is 0 Å². The average Bonchev–Trinajstić information content (AvgIpc) is 3.84. The van der Waals surface area contributed by atoms with E-state index in [1.54, 1.807) is 0 Å². The fourth-order valence-corrected chi connectivity index (χ4v) is 11.9. The maximum absolute atomic E-state index is 2.46. The zero-order valence-electron chi connectivity index (χ0n) is 41.0. The van der Waals surface area contributed by atoms with E-state index in [1.807, 2.05) is 0 Å². The highest BCUT2D eigenvalue weighted by atomic mass is 15.1. The molecule has 0 atom stereocenters. The van der Waals surface area contributed by atoms with Crippen LogP contribution in [0.4, 0.5) is 17.1 Å². The highest BCUT2D eigenvalue weighted by Gasteiger charge is 2.41. The first-order valence-corrected chi connectivity index (χ1v) is 25.4. The van der Waals surface area contributed by atoms with E-state index in [0.717, 1.165) is 24.2 Å². The zero-order chi connectivity index (χ0) is 48.1. The van der Waals surface area contributed by atoms with Crippen molar-refractivity contribution < 1.29 is 0 Å². The number of benzene rings is 10. The molecule has 342 valence electrons. The van der Waals surface area contributed by atoms with Gasteiger partial charge in [-0.05, 0) is 162 Å². The number of hydrogen-bond acceptors (Lipinski definition) is 1. The quantitative estimate of drug-likeness (QED) is 0.117. The molecule has 71 heavy (non-hydrogen) atoms. The monoisotopic (exact) mass is 911 g/mol. The Morgan fingerprint density at radius 2 is 0.761 bits per heavy atom. The summed E-state index contributed by atoms with van der Waals surface area (Å²) in [5.41, 5.74) is 26.6. The van der Waals surface area contributed by atoms with Crippen LogP contribution in [0.1, 0.15) is 73.9 Å². The van der Waals surface area contributed by atoms with E-state index in [1.165, 1.54) is 106 Å². The minimum Gasteiger partial charge on any atom is -0.310 e. The molecule has 1 heteroatoms. The Labute approximate surface area is 420 Å². The maximum Gasteiger partial charge on any atom is 0.0465 e. The first-order chi connectivity index (χ1) is 34.8. The largest absolute Gasteiger partial charge is 0.310 e. The summed E-state index contributed by atoms with van der Waals surface area (Å²) >= 11 is 0. The standard InChI is InChI=1S/C70H57N/c1-5-70(6-2)67-44-49(30-40-62(67)63-43-39-58(47-68(63)70)71(56-20-12-8-13-21-56)57-22-14-9-15-23-57)27-26-48-28-31-52(32-29-48)59-41-37-54(50-18-10-7-11-19-50)45-64(59)53-35-33-51(34-36-53)55-38-42-61-60-24-16-17-25-65(60)69(3,4)66(61)46-55/h7-47H,5-6H2,1-4H3. The third-order valence-corrected chi connectivity index (χ3v) is 15.8. The van der Waals surface area contributed by atoms with Gasteiger partial charge in [-0.3, -0.25) is 0 Å². The van der Waals surface area contributed by atoms with Crippen molar-refractivity contribution in [2.75, 3.05) is 4.90 Å². The molecule has 0 N–H and O–H groups in total. The van der Waals surface area contributed by atoms with Gasteiger partial charge < -0.3 is 4.90 Å². The van der Waals surface area contributed by atoms with Crippen LogP contribution in [0.15, 0.2) is 237 Å². The number of rotatable bonds is 11. The predicted molar refractivity (Wildman–Crippen MR) is 303 cm³/mol. The molecule has 0 spiro atoms. The van der Waals surface area contributed by atoms with Gasteiger partial charge in [-0.2, -0.15) is 0 Å². The highest BCUT2D eigenvalue weighted by molar-refractivity contribution is 5.90. The molecule has 0 aromatic heterocycles. The number of nitrogens with zero attached hydrogens (tertiary/aromatic N) is 1. The van der Waals surface area contributed by atoms with Gasteiger partial charge in [-0.15, -0.1) is 0 Å². The third kappa shape index (κ3) is 7.65. The van der Waals surface area contributed by atoms with E-state index in [-0.39, 0.29) is 10.8 Å². The molecule has 0 bridgehead atoms. The lowest BCUT2D eigenvalue weighted by Crippen LogP contribution is -2.23. The molecular formula is C70H57N. The van der Waals surface area contributed by atoms with Crippen LogP contribution in [0.5, 0.6) is 0 Å². The molecule has 0 fully saturated rings. The Hall–Kier alpha value is -8.26. The van der Waals surface area contributed by atoms with Gasteiger partial charge in [0.05, 0.1) is 0 Å². The Morgan fingerprint density at radius 1 is 0.310 bits per heavy atom. The van der Waals surface area contributed by atoms with Crippen molar-refractivity contribution in [1.82, 2.24) is 0 Å². The van der Waals surface area contributed by atoms with Crippen molar-refractivity contribution in [3.8, 4) is 66.8 Å². The summed E-state index contributed by atoms with van der Waals surface area (Å²) in [6, 6.07) is 87.5. The van der Waals surface area contributed by atoms with E-state index in [2.05, 4.69) is 281 Å². The summed E-state index contributed by atoms with van der Waals surface area (Å²) < 4.78 is 0. The second kappa shape index (κ2) is 17.9. The van der Waals surface area contributed by atoms with Crippen molar-refractivity contribution in [1.29, 1.82) is 0 Å². The van der Waals surface area contributed by atoms with Crippen molar-refractivity contribution in [3.63, 3.8) is 0 Å². The summed E-state index contributed by atoms with van der Waals surface area (Å²) in [4.78, 5) is 2.38. The Morgan fingerprint density at radius 3 is 1.44 bits per heavy atom. The smallest absolute Gasteiger partial charge is 0.0465 e. The number of para-hydroxylation sites is 2. The summed E-state index contributed by atoms with van der Waals surface area (Å²) in [6.45, 7) is 9.42.